The molecule has 0 saturated carbocycles. The van der Waals surface area contributed by atoms with Gasteiger partial charge in [-0.15, -0.1) is 0 Å². The van der Waals surface area contributed by atoms with Crippen LogP contribution < -0.4 is 10.6 Å². The first-order chi connectivity index (χ1) is 10.4. The Labute approximate surface area is 141 Å². The van der Waals surface area contributed by atoms with Crippen molar-refractivity contribution in [2.45, 2.75) is 27.2 Å². The largest absolute Gasteiger partial charge is 0.354 e. The molecule has 118 valence electrons. The van der Waals surface area contributed by atoms with Gasteiger partial charge in [-0.3, -0.25) is 0 Å². The van der Waals surface area contributed by atoms with Crippen LogP contribution in [0.1, 0.15) is 26.0 Å². The molecule has 2 N–H and O–H groups in total. The van der Waals surface area contributed by atoms with Gasteiger partial charge in [0.05, 0.1) is 10.7 Å². The normalized spacial score (nSPS) is 10.8. The van der Waals surface area contributed by atoms with Crippen LogP contribution in [0.3, 0.4) is 0 Å². The van der Waals surface area contributed by atoms with Gasteiger partial charge in [-0.2, -0.15) is 4.98 Å². The summed E-state index contributed by atoms with van der Waals surface area (Å²) < 4.78 is 0. The molecular weight excluding hydrogens is 319 g/mol. The average molecular weight is 339 g/mol. The van der Waals surface area contributed by atoms with E-state index in [1.165, 1.54) is 0 Å². The van der Waals surface area contributed by atoms with E-state index in [0.717, 1.165) is 24.3 Å². The lowest BCUT2D eigenvalue weighted by Gasteiger charge is -2.11. The second-order valence-electron chi connectivity index (χ2n) is 5.58. The Balaban J connectivity index is 2.12. The third kappa shape index (κ3) is 5.04. The molecule has 1 aromatic heterocycles. The lowest BCUT2D eigenvalue weighted by molar-refractivity contribution is 0.606. The first-order valence-electron chi connectivity index (χ1n) is 7.25. The van der Waals surface area contributed by atoms with Crippen molar-refractivity contribution in [1.82, 2.24) is 9.97 Å². The van der Waals surface area contributed by atoms with Gasteiger partial charge in [0, 0.05) is 23.3 Å². The Hall–Kier alpha value is -1.52. The number of hydrogen-bond acceptors (Lipinski definition) is 4. The van der Waals surface area contributed by atoms with E-state index >= 15 is 0 Å². The zero-order chi connectivity index (χ0) is 16.1. The van der Waals surface area contributed by atoms with Gasteiger partial charge >= 0.3 is 0 Å². The number of aryl methyl sites for hydroxylation is 1. The predicted octanol–water partition coefficient (Wildman–Crippen LogP) is 5.29. The van der Waals surface area contributed by atoms with E-state index in [2.05, 4.69) is 34.4 Å². The number of aromatic nitrogens is 2. The smallest absolute Gasteiger partial charge is 0.224 e. The van der Waals surface area contributed by atoms with E-state index in [4.69, 9.17) is 23.2 Å². The van der Waals surface area contributed by atoms with Crippen LogP contribution >= 0.6 is 23.2 Å². The number of anilines is 3. The lowest BCUT2D eigenvalue weighted by atomic mass is 10.1. The highest BCUT2D eigenvalue weighted by atomic mass is 35.5. The standard InChI is InChI=1S/C16H20Cl2N4/c1-10(2)6-7-19-16-20-11(3)8-15(22-16)21-14-5-4-12(17)9-13(14)18/h4-5,8-10H,6-7H2,1-3H3,(H2,19,20,21,22). The fourth-order valence-corrected chi connectivity index (χ4v) is 2.37. The van der Waals surface area contributed by atoms with Crippen LogP contribution in [0.25, 0.3) is 0 Å². The molecular formula is C16H20Cl2N4. The summed E-state index contributed by atoms with van der Waals surface area (Å²) in [6.07, 6.45) is 1.07. The highest BCUT2D eigenvalue weighted by molar-refractivity contribution is 6.36. The second kappa shape index (κ2) is 7.65. The molecule has 22 heavy (non-hydrogen) atoms. The molecule has 0 unspecified atom stereocenters. The highest BCUT2D eigenvalue weighted by Crippen LogP contribution is 2.28. The summed E-state index contributed by atoms with van der Waals surface area (Å²) >= 11 is 12.1. The summed E-state index contributed by atoms with van der Waals surface area (Å²) in [6, 6.07) is 7.18. The molecule has 1 aromatic carbocycles. The predicted molar refractivity (Wildman–Crippen MR) is 94.5 cm³/mol. The zero-order valence-electron chi connectivity index (χ0n) is 13.0. The maximum Gasteiger partial charge on any atom is 0.224 e. The second-order valence-corrected chi connectivity index (χ2v) is 6.42. The molecule has 0 spiro atoms. The number of benzene rings is 1. The first-order valence-corrected chi connectivity index (χ1v) is 8.01. The Kier molecular flexibility index (Phi) is 5.86. The molecule has 0 saturated heterocycles. The molecule has 2 aromatic rings. The molecule has 1 heterocycles. The Morgan fingerprint density at radius 3 is 2.59 bits per heavy atom. The van der Waals surface area contributed by atoms with Crippen molar-refractivity contribution >= 4 is 40.7 Å². The number of nitrogens with zero attached hydrogens (tertiary/aromatic N) is 2. The highest BCUT2D eigenvalue weighted by Gasteiger charge is 2.06. The van der Waals surface area contributed by atoms with Crippen LogP contribution in [0.4, 0.5) is 17.5 Å². The molecule has 0 aliphatic heterocycles. The van der Waals surface area contributed by atoms with Crippen molar-refractivity contribution in [3.05, 3.63) is 40.0 Å². The van der Waals surface area contributed by atoms with Crippen molar-refractivity contribution in [2.24, 2.45) is 5.92 Å². The zero-order valence-corrected chi connectivity index (χ0v) is 14.5. The fraction of sp³-hybridized carbons (Fsp3) is 0.375. The van der Waals surface area contributed by atoms with Gasteiger partial charge in [0.25, 0.3) is 0 Å². The number of hydrogen-bond donors (Lipinski definition) is 2. The summed E-state index contributed by atoms with van der Waals surface area (Å²) in [5, 5.41) is 7.60. The number of rotatable bonds is 6. The molecule has 0 aliphatic rings. The average Bonchev–Trinajstić information content (AvgIpc) is 2.41. The molecule has 4 nitrogen and oxygen atoms in total. The number of nitrogens with one attached hydrogen (secondary N) is 2. The van der Waals surface area contributed by atoms with Gasteiger partial charge in [0.2, 0.25) is 5.95 Å². The SMILES string of the molecule is Cc1cc(Nc2ccc(Cl)cc2Cl)nc(NCCC(C)C)n1. The van der Waals surface area contributed by atoms with Crippen molar-refractivity contribution in [1.29, 1.82) is 0 Å². The van der Waals surface area contributed by atoms with Gasteiger partial charge in [0.15, 0.2) is 0 Å². The van der Waals surface area contributed by atoms with E-state index in [-0.39, 0.29) is 0 Å². The topological polar surface area (TPSA) is 49.8 Å². The first kappa shape index (κ1) is 16.8. The molecule has 0 bridgehead atoms. The van der Waals surface area contributed by atoms with Gasteiger partial charge in [-0.25, -0.2) is 4.98 Å². The Bertz CT molecular complexity index is 644. The van der Waals surface area contributed by atoms with Crippen LogP contribution in [0.2, 0.25) is 10.0 Å². The molecule has 2 rings (SSSR count). The Morgan fingerprint density at radius 2 is 1.91 bits per heavy atom. The van der Waals surface area contributed by atoms with Gasteiger partial charge < -0.3 is 10.6 Å². The van der Waals surface area contributed by atoms with Crippen LogP contribution in [0.5, 0.6) is 0 Å². The molecule has 0 fully saturated rings. The molecule has 0 atom stereocenters. The van der Waals surface area contributed by atoms with Gasteiger partial charge in [-0.05, 0) is 37.5 Å². The van der Waals surface area contributed by atoms with Gasteiger partial charge in [0.1, 0.15) is 5.82 Å². The summed E-state index contributed by atoms with van der Waals surface area (Å²) in [5.41, 5.74) is 1.65. The monoisotopic (exact) mass is 338 g/mol. The Morgan fingerprint density at radius 1 is 1.14 bits per heavy atom. The maximum absolute atomic E-state index is 6.17. The fourth-order valence-electron chi connectivity index (χ4n) is 1.91. The minimum absolute atomic E-state index is 0.554. The number of halogens is 2. The molecule has 0 amide bonds. The maximum atomic E-state index is 6.17. The van der Waals surface area contributed by atoms with E-state index < -0.39 is 0 Å². The van der Waals surface area contributed by atoms with Crippen LogP contribution in [-0.4, -0.2) is 16.5 Å². The minimum Gasteiger partial charge on any atom is -0.354 e. The molecule has 6 heteroatoms. The van der Waals surface area contributed by atoms with Crippen LogP contribution in [-0.2, 0) is 0 Å². The van der Waals surface area contributed by atoms with Crippen molar-refractivity contribution < 1.29 is 0 Å². The van der Waals surface area contributed by atoms with E-state index in [1.807, 2.05) is 19.1 Å². The van der Waals surface area contributed by atoms with Crippen LogP contribution in [0.15, 0.2) is 24.3 Å². The minimum atomic E-state index is 0.554. The quantitative estimate of drug-likeness (QED) is 0.750. The summed E-state index contributed by atoms with van der Waals surface area (Å²) in [7, 11) is 0. The van der Waals surface area contributed by atoms with E-state index in [0.29, 0.717) is 27.7 Å². The summed E-state index contributed by atoms with van der Waals surface area (Å²) in [6.45, 7) is 7.16. The van der Waals surface area contributed by atoms with E-state index in [1.54, 1.807) is 12.1 Å². The summed E-state index contributed by atoms with van der Waals surface area (Å²) in [4.78, 5) is 8.86. The van der Waals surface area contributed by atoms with Crippen molar-refractivity contribution in [3.8, 4) is 0 Å². The van der Waals surface area contributed by atoms with Crippen molar-refractivity contribution in [3.63, 3.8) is 0 Å². The lowest BCUT2D eigenvalue weighted by Crippen LogP contribution is -2.09. The molecule has 0 radical (unpaired) electrons. The van der Waals surface area contributed by atoms with Gasteiger partial charge in [-0.1, -0.05) is 37.0 Å². The van der Waals surface area contributed by atoms with Crippen molar-refractivity contribution in [2.75, 3.05) is 17.2 Å². The summed E-state index contributed by atoms with van der Waals surface area (Å²) in [5.74, 6) is 1.96. The third-order valence-corrected chi connectivity index (χ3v) is 3.60. The van der Waals surface area contributed by atoms with Crippen LogP contribution in [0, 0.1) is 12.8 Å². The van der Waals surface area contributed by atoms with E-state index in [9.17, 15) is 0 Å². The third-order valence-electron chi connectivity index (χ3n) is 3.05. The molecule has 0 aliphatic carbocycles.